The van der Waals surface area contributed by atoms with Crippen molar-refractivity contribution in [3.05, 3.63) is 39.9 Å². The molecule has 0 aliphatic carbocycles. The molecule has 1 aromatic carbocycles. The Morgan fingerprint density at radius 1 is 1.13 bits per heavy atom. The van der Waals surface area contributed by atoms with Crippen LogP contribution < -0.4 is 10.0 Å². The van der Waals surface area contributed by atoms with E-state index in [-0.39, 0.29) is 33.8 Å². The predicted octanol–water partition coefficient (Wildman–Crippen LogP) is 2.67. The number of alkyl halides is 1. The lowest BCUT2D eigenvalue weighted by atomic mass is 9.78. The fraction of sp³-hybridized carbons (Fsp3) is 0.429. The van der Waals surface area contributed by atoms with Gasteiger partial charge in [0.1, 0.15) is 0 Å². The van der Waals surface area contributed by atoms with Crippen molar-refractivity contribution in [1.29, 1.82) is 0 Å². The van der Waals surface area contributed by atoms with Gasteiger partial charge in [-0.05, 0) is 46.7 Å². The van der Waals surface area contributed by atoms with Crippen LogP contribution in [0.25, 0.3) is 0 Å². The second kappa shape index (κ2) is 10.2. The van der Waals surface area contributed by atoms with Gasteiger partial charge in [-0.2, -0.15) is 0 Å². The van der Waals surface area contributed by atoms with E-state index in [2.05, 4.69) is 26.4 Å². The van der Waals surface area contributed by atoms with E-state index in [1.165, 1.54) is 12.1 Å². The summed E-state index contributed by atoms with van der Waals surface area (Å²) >= 11 is 3.53. The number of benzene rings is 1. The first-order valence-corrected chi connectivity index (χ1v) is 12.0. The van der Waals surface area contributed by atoms with Crippen molar-refractivity contribution < 1.29 is 28.8 Å². The van der Waals surface area contributed by atoms with Crippen LogP contribution in [-0.2, 0) is 19.7 Å². The first kappa shape index (κ1) is 25.4. The molecule has 165 valence electrons. The van der Waals surface area contributed by atoms with Crippen molar-refractivity contribution in [2.24, 2.45) is 0 Å². The van der Waals surface area contributed by atoms with Gasteiger partial charge in [-0.3, -0.25) is 4.79 Å². The van der Waals surface area contributed by atoms with Gasteiger partial charge < -0.3 is 19.2 Å². The third-order valence-electron chi connectivity index (χ3n) is 5.02. The minimum Gasteiger partial charge on any atom is -0.492 e. The molecule has 2 rings (SSSR count). The summed E-state index contributed by atoms with van der Waals surface area (Å²) < 4.78 is 5.89. The van der Waals surface area contributed by atoms with Crippen molar-refractivity contribution in [3.8, 4) is 11.8 Å². The summed E-state index contributed by atoms with van der Waals surface area (Å²) in [7, 11) is 3.11. The van der Waals surface area contributed by atoms with Gasteiger partial charge in [0.25, 0.3) is 9.76 Å². The molecule has 0 aliphatic heterocycles. The molecule has 1 aromatic heterocycles. The Morgan fingerprint density at radius 2 is 1.71 bits per heavy atom. The van der Waals surface area contributed by atoms with Crippen LogP contribution in [0.2, 0.25) is 0 Å². The molecule has 5 radical (unpaired) electrons. The van der Waals surface area contributed by atoms with Gasteiger partial charge in [0.2, 0.25) is 22.2 Å². The van der Waals surface area contributed by atoms with Crippen LogP contribution in [0.3, 0.4) is 0 Å². The summed E-state index contributed by atoms with van der Waals surface area (Å²) in [6.07, 6.45) is -0.281. The molecular formula is C21H25BrNO6Si2. The number of aromatic hydroxyl groups is 2. The Balaban J connectivity index is 2.40. The van der Waals surface area contributed by atoms with Gasteiger partial charge in [-0.25, -0.2) is 4.79 Å². The molecule has 10 heteroatoms. The van der Waals surface area contributed by atoms with E-state index in [0.29, 0.717) is 15.6 Å². The highest BCUT2D eigenvalue weighted by molar-refractivity contribution is 9.08. The maximum absolute atomic E-state index is 13.3. The molecule has 1 heterocycles. The molecule has 0 fully saturated rings. The standard InChI is InChI=1S/C21H25BrNO6Si2/c1-11-13(10-22)12(2)20(31-29-30)19(21(3,4)5)18(11)14(24)6-9-17(27)28-23-15(25)7-8-16(23)26/h7-8,25-26H,6,9-10H2,1-5H3. The van der Waals surface area contributed by atoms with E-state index < -0.39 is 17.7 Å². The van der Waals surface area contributed by atoms with Crippen LogP contribution in [0, 0.1) is 13.8 Å². The fourth-order valence-electron chi connectivity index (χ4n) is 3.54. The number of aromatic nitrogens is 1. The Bertz CT molecular complexity index is 977. The molecular weight excluding hydrogens is 498 g/mol. The molecule has 0 amide bonds. The quantitative estimate of drug-likeness (QED) is 0.314. The van der Waals surface area contributed by atoms with E-state index in [1.54, 1.807) is 0 Å². The molecule has 31 heavy (non-hydrogen) atoms. The minimum atomic E-state index is -0.747. The highest BCUT2D eigenvalue weighted by Gasteiger charge is 2.30. The van der Waals surface area contributed by atoms with Crippen LogP contribution >= 0.6 is 15.9 Å². The highest BCUT2D eigenvalue weighted by Crippen LogP contribution is 2.32. The summed E-state index contributed by atoms with van der Waals surface area (Å²) in [5.74, 6) is -1.75. The lowest BCUT2D eigenvalue weighted by Crippen LogP contribution is -2.36. The zero-order valence-corrected chi connectivity index (χ0v) is 21.7. The predicted molar refractivity (Wildman–Crippen MR) is 122 cm³/mol. The molecule has 2 aromatic rings. The van der Waals surface area contributed by atoms with Crippen molar-refractivity contribution in [2.75, 3.05) is 0 Å². The molecule has 0 spiro atoms. The summed E-state index contributed by atoms with van der Waals surface area (Å²) in [6, 6.07) is 2.38. The Kier molecular flexibility index (Phi) is 8.31. The van der Waals surface area contributed by atoms with Crippen LogP contribution in [0.15, 0.2) is 12.1 Å². The smallest absolute Gasteiger partial charge is 0.333 e. The summed E-state index contributed by atoms with van der Waals surface area (Å²) in [6.45, 7) is 10.1. The average Bonchev–Trinajstić information content (AvgIpc) is 2.99. The number of Topliss-reactive ketones (excluding diaryl/α,β-unsaturated/α-hetero) is 1. The van der Waals surface area contributed by atoms with Crippen molar-refractivity contribution in [2.45, 2.75) is 58.2 Å². The van der Waals surface area contributed by atoms with Gasteiger partial charge in [0.05, 0.1) is 6.42 Å². The molecule has 0 unspecified atom stereocenters. The summed E-state index contributed by atoms with van der Waals surface area (Å²) in [5.41, 5.74) is 4.14. The number of carbonyl (C=O) groups excluding carboxylic acids is 2. The first-order valence-electron chi connectivity index (χ1n) is 9.59. The van der Waals surface area contributed by atoms with Gasteiger partial charge >= 0.3 is 5.97 Å². The molecule has 0 saturated heterocycles. The normalized spacial score (nSPS) is 11.6. The SMILES string of the molecule is Cc1c(CBr)c(C)c(C(=O)CCC(=O)On2c(O)ccc2O)c(C(C)(C)C)c1[Si]O[Si]. The van der Waals surface area contributed by atoms with E-state index in [4.69, 9.17) is 8.95 Å². The Hall–Kier alpha value is -1.89. The number of hydrogen-bond donors (Lipinski definition) is 2. The Morgan fingerprint density at radius 3 is 2.19 bits per heavy atom. The summed E-state index contributed by atoms with van der Waals surface area (Å²) in [5, 5.41) is 20.8. The van der Waals surface area contributed by atoms with Gasteiger partial charge in [-0.15, -0.1) is 4.73 Å². The monoisotopic (exact) mass is 522 g/mol. The van der Waals surface area contributed by atoms with Gasteiger partial charge in [0.15, 0.2) is 5.78 Å². The lowest BCUT2D eigenvalue weighted by molar-refractivity contribution is -0.145. The Labute approximate surface area is 196 Å². The van der Waals surface area contributed by atoms with Gasteiger partial charge in [0, 0.05) is 29.4 Å². The van der Waals surface area contributed by atoms with Crippen LogP contribution in [0.4, 0.5) is 0 Å². The zero-order chi connectivity index (χ0) is 23.5. The molecule has 7 nitrogen and oxygen atoms in total. The number of ketones is 1. The third kappa shape index (κ3) is 5.49. The first-order chi connectivity index (χ1) is 14.4. The highest BCUT2D eigenvalue weighted by atomic mass is 79.9. The van der Waals surface area contributed by atoms with Crippen LogP contribution in [0.5, 0.6) is 11.8 Å². The molecule has 0 aliphatic rings. The molecule has 0 bridgehead atoms. The minimum absolute atomic E-state index is 0.0125. The number of nitrogens with zero attached hydrogens (tertiary/aromatic N) is 1. The fourth-order valence-corrected chi connectivity index (χ4v) is 5.70. The van der Waals surface area contributed by atoms with E-state index >= 15 is 0 Å². The van der Waals surface area contributed by atoms with E-state index in [1.807, 2.05) is 34.6 Å². The maximum atomic E-state index is 13.3. The number of rotatable bonds is 8. The largest absolute Gasteiger partial charge is 0.492 e. The van der Waals surface area contributed by atoms with Crippen LogP contribution in [-0.4, -0.2) is 46.9 Å². The van der Waals surface area contributed by atoms with E-state index in [9.17, 15) is 19.8 Å². The molecule has 0 atom stereocenters. The number of carbonyl (C=O) groups is 2. The number of halogens is 1. The number of hydrogen-bond acceptors (Lipinski definition) is 6. The maximum Gasteiger partial charge on any atom is 0.333 e. The molecule has 2 N–H and O–H groups in total. The lowest BCUT2D eigenvalue weighted by Gasteiger charge is -2.30. The second-order valence-electron chi connectivity index (χ2n) is 8.17. The van der Waals surface area contributed by atoms with Gasteiger partial charge in [-0.1, -0.05) is 36.7 Å². The van der Waals surface area contributed by atoms with Crippen molar-refractivity contribution >= 4 is 53.1 Å². The van der Waals surface area contributed by atoms with Crippen molar-refractivity contribution in [3.63, 3.8) is 0 Å². The summed E-state index contributed by atoms with van der Waals surface area (Å²) in [4.78, 5) is 30.5. The van der Waals surface area contributed by atoms with Crippen molar-refractivity contribution in [1.82, 2.24) is 4.73 Å². The van der Waals surface area contributed by atoms with E-state index in [0.717, 1.165) is 27.4 Å². The van der Waals surface area contributed by atoms with Crippen LogP contribution in [0.1, 0.15) is 66.2 Å². The molecule has 0 saturated carbocycles. The zero-order valence-electron chi connectivity index (χ0n) is 18.1. The second-order valence-corrected chi connectivity index (χ2v) is 10.3. The third-order valence-corrected chi connectivity index (χ3v) is 6.82. The average molecular weight is 524 g/mol. The topological polar surface area (TPSA) is 98.0 Å².